The van der Waals surface area contributed by atoms with Crippen molar-refractivity contribution in [2.45, 2.75) is 19.9 Å². The molecular weight excluding hydrogens is 230 g/mol. The van der Waals surface area contributed by atoms with Crippen molar-refractivity contribution in [2.75, 3.05) is 0 Å². The minimum absolute atomic E-state index is 0.0320. The molecule has 0 aliphatic carbocycles. The summed E-state index contributed by atoms with van der Waals surface area (Å²) in [6.07, 6.45) is 0. The highest BCUT2D eigenvalue weighted by Crippen LogP contribution is 2.07. The number of carbonyl (C=O) groups excluding carboxylic acids is 1. The zero-order valence-corrected chi connectivity index (χ0v) is 10.6. The van der Waals surface area contributed by atoms with Crippen LogP contribution in [0.4, 0.5) is 0 Å². The predicted octanol–water partition coefficient (Wildman–Crippen LogP) is 1.07. The van der Waals surface area contributed by atoms with Crippen LogP contribution >= 0.6 is 0 Å². The predicted molar refractivity (Wildman–Crippen MR) is 69.6 cm³/mol. The van der Waals surface area contributed by atoms with Gasteiger partial charge in [0.2, 0.25) is 5.43 Å². The number of rotatable bonds is 2. The molecule has 0 saturated carbocycles. The largest absolute Gasteiger partial charge is 0.348 e. The smallest absolute Gasteiger partial charge is 0.276 e. The SMILES string of the molecule is CC(C)NC(=O)c1nn(C)c2ccccc2c1=O. The number of amides is 1. The second-order valence-corrected chi connectivity index (χ2v) is 4.45. The molecule has 1 N–H and O–H groups in total. The molecule has 0 fully saturated rings. The lowest BCUT2D eigenvalue weighted by molar-refractivity contribution is 0.0935. The molecule has 2 rings (SSSR count). The Bertz CT molecular complexity index is 659. The van der Waals surface area contributed by atoms with Gasteiger partial charge < -0.3 is 5.32 Å². The highest BCUT2D eigenvalue weighted by Gasteiger charge is 2.16. The highest BCUT2D eigenvalue weighted by atomic mass is 16.2. The summed E-state index contributed by atoms with van der Waals surface area (Å²) in [6, 6.07) is 7.07. The molecule has 0 bridgehead atoms. The van der Waals surface area contributed by atoms with E-state index in [1.165, 1.54) is 0 Å². The third-order valence-corrected chi connectivity index (χ3v) is 2.60. The Morgan fingerprint density at radius 3 is 2.67 bits per heavy atom. The third kappa shape index (κ3) is 2.11. The molecule has 0 spiro atoms. The first-order valence-corrected chi connectivity index (χ1v) is 5.77. The number of nitrogens with one attached hydrogen (secondary N) is 1. The second-order valence-electron chi connectivity index (χ2n) is 4.45. The van der Waals surface area contributed by atoms with Crippen LogP contribution in [0.15, 0.2) is 29.1 Å². The fourth-order valence-electron chi connectivity index (χ4n) is 1.80. The molecule has 0 radical (unpaired) electrons. The Kier molecular flexibility index (Phi) is 3.14. The van der Waals surface area contributed by atoms with Gasteiger partial charge in [0.25, 0.3) is 5.91 Å². The number of aryl methyl sites for hydroxylation is 1. The van der Waals surface area contributed by atoms with E-state index in [2.05, 4.69) is 10.4 Å². The van der Waals surface area contributed by atoms with Crippen molar-refractivity contribution in [3.05, 3.63) is 40.2 Å². The Morgan fingerprint density at radius 2 is 2.00 bits per heavy atom. The Labute approximate surface area is 104 Å². The lowest BCUT2D eigenvalue weighted by Crippen LogP contribution is -2.35. The van der Waals surface area contributed by atoms with Gasteiger partial charge in [-0.3, -0.25) is 14.3 Å². The van der Waals surface area contributed by atoms with Crippen LogP contribution in [0.2, 0.25) is 0 Å². The van der Waals surface area contributed by atoms with Crippen molar-refractivity contribution >= 4 is 16.8 Å². The fraction of sp³-hybridized carbons (Fsp3) is 0.308. The van der Waals surface area contributed by atoms with Gasteiger partial charge in [0.1, 0.15) is 0 Å². The number of hydrogen-bond acceptors (Lipinski definition) is 3. The van der Waals surface area contributed by atoms with Gasteiger partial charge in [-0.25, -0.2) is 0 Å². The molecule has 1 aromatic heterocycles. The second kappa shape index (κ2) is 4.60. The number of hydrogen-bond donors (Lipinski definition) is 1. The van der Waals surface area contributed by atoms with Gasteiger partial charge in [0.05, 0.1) is 5.52 Å². The maximum Gasteiger partial charge on any atom is 0.276 e. The van der Waals surface area contributed by atoms with Crippen molar-refractivity contribution in [2.24, 2.45) is 7.05 Å². The summed E-state index contributed by atoms with van der Waals surface area (Å²) in [5, 5.41) is 7.23. The monoisotopic (exact) mass is 245 g/mol. The summed E-state index contributed by atoms with van der Waals surface area (Å²) in [7, 11) is 1.72. The van der Waals surface area contributed by atoms with Crippen LogP contribution in [0.3, 0.4) is 0 Å². The van der Waals surface area contributed by atoms with E-state index in [9.17, 15) is 9.59 Å². The van der Waals surface area contributed by atoms with Crippen molar-refractivity contribution in [3.8, 4) is 0 Å². The van der Waals surface area contributed by atoms with E-state index in [1.54, 1.807) is 29.9 Å². The van der Waals surface area contributed by atoms with Crippen LogP contribution in [0, 0.1) is 0 Å². The molecule has 5 heteroatoms. The number of fused-ring (bicyclic) bond motifs is 1. The van der Waals surface area contributed by atoms with Gasteiger partial charge in [0, 0.05) is 18.5 Å². The van der Waals surface area contributed by atoms with Gasteiger partial charge >= 0.3 is 0 Å². The summed E-state index contributed by atoms with van der Waals surface area (Å²) in [5.74, 6) is -0.434. The molecule has 2 aromatic rings. The van der Waals surface area contributed by atoms with Crippen molar-refractivity contribution in [3.63, 3.8) is 0 Å². The summed E-state index contributed by atoms with van der Waals surface area (Å²) < 4.78 is 1.55. The summed E-state index contributed by atoms with van der Waals surface area (Å²) >= 11 is 0. The quantitative estimate of drug-likeness (QED) is 0.860. The molecule has 0 atom stereocenters. The van der Waals surface area contributed by atoms with Crippen LogP contribution in [0.1, 0.15) is 24.3 Å². The van der Waals surface area contributed by atoms with Gasteiger partial charge in [-0.2, -0.15) is 5.10 Å². The number of para-hydroxylation sites is 1. The third-order valence-electron chi connectivity index (χ3n) is 2.60. The minimum Gasteiger partial charge on any atom is -0.348 e. The van der Waals surface area contributed by atoms with Crippen LogP contribution in [0.5, 0.6) is 0 Å². The zero-order valence-electron chi connectivity index (χ0n) is 10.6. The van der Waals surface area contributed by atoms with Crippen molar-refractivity contribution in [1.82, 2.24) is 15.1 Å². The lowest BCUT2D eigenvalue weighted by atomic mass is 10.2. The number of carbonyl (C=O) groups is 1. The van der Waals surface area contributed by atoms with E-state index in [-0.39, 0.29) is 17.2 Å². The number of benzene rings is 1. The first kappa shape index (κ1) is 12.3. The van der Waals surface area contributed by atoms with Crippen LogP contribution in [0.25, 0.3) is 10.9 Å². The molecule has 0 aliphatic heterocycles. The average Bonchev–Trinajstić information content (AvgIpc) is 2.33. The van der Waals surface area contributed by atoms with Gasteiger partial charge in [-0.05, 0) is 26.0 Å². The van der Waals surface area contributed by atoms with E-state index in [1.807, 2.05) is 19.9 Å². The Balaban J connectivity index is 2.63. The Morgan fingerprint density at radius 1 is 1.33 bits per heavy atom. The van der Waals surface area contributed by atoms with Gasteiger partial charge in [-0.1, -0.05) is 12.1 Å². The molecule has 1 heterocycles. The molecule has 0 unspecified atom stereocenters. The summed E-state index contributed by atoms with van der Waals surface area (Å²) in [5.41, 5.74) is 0.315. The topological polar surface area (TPSA) is 64.0 Å². The molecule has 94 valence electrons. The molecular formula is C13H15N3O2. The molecule has 1 amide bonds. The minimum atomic E-state index is -0.434. The van der Waals surface area contributed by atoms with E-state index in [4.69, 9.17) is 0 Å². The first-order chi connectivity index (χ1) is 8.50. The van der Waals surface area contributed by atoms with Crippen LogP contribution in [-0.4, -0.2) is 21.7 Å². The van der Waals surface area contributed by atoms with Crippen LogP contribution in [-0.2, 0) is 7.05 Å². The summed E-state index contributed by atoms with van der Waals surface area (Å²) in [4.78, 5) is 24.1. The number of aromatic nitrogens is 2. The maximum absolute atomic E-state index is 12.2. The number of nitrogens with zero attached hydrogens (tertiary/aromatic N) is 2. The molecule has 18 heavy (non-hydrogen) atoms. The van der Waals surface area contributed by atoms with Crippen molar-refractivity contribution in [1.29, 1.82) is 0 Å². The van der Waals surface area contributed by atoms with Crippen molar-refractivity contribution < 1.29 is 4.79 Å². The van der Waals surface area contributed by atoms with E-state index < -0.39 is 5.91 Å². The first-order valence-electron chi connectivity index (χ1n) is 5.77. The highest BCUT2D eigenvalue weighted by molar-refractivity contribution is 5.95. The Hall–Kier alpha value is -2.17. The van der Waals surface area contributed by atoms with E-state index in [0.29, 0.717) is 10.9 Å². The lowest BCUT2D eigenvalue weighted by Gasteiger charge is -2.10. The molecule has 0 saturated heterocycles. The molecule has 0 aliphatic rings. The van der Waals surface area contributed by atoms with E-state index in [0.717, 1.165) is 0 Å². The molecule has 5 nitrogen and oxygen atoms in total. The zero-order chi connectivity index (χ0) is 13.3. The van der Waals surface area contributed by atoms with Gasteiger partial charge in [-0.15, -0.1) is 0 Å². The molecule has 1 aromatic carbocycles. The summed E-state index contributed by atoms with van der Waals surface area (Å²) in [6.45, 7) is 3.67. The maximum atomic E-state index is 12.2. The van der Waals surface area contributed by atoms with Gasteiger partial charge in [0.15, 0.2) is 5.69 Å². The normalized spacial score (nSPS) is 10.9. The van der Waals surface area contributed by atoms with Crippen LogP contribution < -0.4 is 10.7 Å². The van der Waals surface area contributed by atoms with E-state index >= 15 is 0 Å². The fourth-order valence-corrected chi connectivity index (χ4v) is 1.80. The standard InChI is InChI=1S/C13H15N3O2/c1-8(2)14-13(18)11-12(17)9-6-4-5-7-10(9)16(3)15-11/h4-8H,1-3H3,(H,14,18). The average molecular weight is 245 g/mol.